The van der Waals surface area contributed by atoms with Gasteiger partial charge in [-0.25, -0.2) is 12.8 Å². The number of hydrogen-bond acceptors (Lipinski definition) is 4. The van der Waals surface area contributed by atoms with Crippen molar-refractivity contribution in [2.24, 2.45) is 0 Å². The van der Waals surface area contributed by atoms with E-state index in [1.54, 1.807) is 0 Å². The van der Waals surface area contributed by atoms with Crippen LogP contribution in [-0.2, 0) is 16.6 Å². The van der Waals surface area contributed by atoms with Crippen LogP contribution in [-0.4, -0.2) is 18.2 Å². The van der Waals surface area contributed by atoms with Gasteiger partial charge in [0.25, 0.3) is 10.0 Å². The van der Waals surface area contributed by atoms with Gasteiger partial charge < -0.3 is 5.73 Å². The van der Waals surface area contributed by atoms with Crippen LogP contribution in [0.25, 0.3) is 0 Å². The van der Waals surface area contributed by atoms with E-state index in [9.17, 15) is 12.8 Å². The van der Waals surface area contributed by atoms with E-state index in [0.29, 0.717) is 6.54 Å². The zero-order valence-corrected chi connectivity index (χ0v) is 12.7. The number of sulfonamides is 1. The van der Waals surface area contributed by atoms with Gasteiger partial charge in [-0.3, -0.25) is 9.40 Å². The molecule has 21 heavy (non-hydrogen) atoms. The zero-order valence-electron chi connectivity index (χ0n) is 11.2. The predicted octanol–water partition coefficient (Wildman–Crippen LogP) is 2.47. The Morgan fingerprint density at radius 2 is 2.19 bits per heavy atom. The smallest absolute Gasteiger partial charge is 0.267 e. The molecule has 1 heterocycles. The fourth-order valence-corrected chi connectivity index (χ4v) is 3.06. The number of nitrogens with two attached hydrogens (primary N) is 1. The van der Waals surface area contributed by atoms with Crippen LogP contribution in [0.3, 0.4) is 0 Å². The highest BCUT2D eigenvalue weighted by molar-refractivity contribution is 7.92. The minimum atomic E-state index is -4.04. The lowest BCUT2D eigenvalue weighted by Crippen LogP contribution is -2.15. The van der Waals surface area contributed by atoms with E-state index in [2.05, 4.69) is 9.82 Å². The van der Waals surface area contributed by atoms with Crippen LogP contribution in [0, 0.1) is 5.82 Å². The van der Waals surface area contributed by atoms with Gasteiger partial charge in [-0.1, -0.05) is 24.6 Å². The topological polar surface area (TPSA) is 90.0 Å². The fourth-order valence-electron chi connectivity index (χ4n) is 1.75. The van der Waals surface area contributed by atoms with Gasteiger partial charge in [0.15, 0.2) is 11.6 Å². The Bertz CT molecular complexity index is 761. The molecule has 0 saturated carbocycles. The summed E-state index contributed by atoms with van der Waals surface area (Å²) in [7, 11) is -4.04. The average Bonchev–Trinajstić information content (AvgIpc) is 2.77. The second-order valence-electron chi connectivity index (χ2n) is 4.35. The number of benzene rings is 1. The van der Waals surface area contributed by atoms with Crippen molar-refractivity contribution in [2.75, 3.05) is 10.5 Å². The number of nitrogen functional groups attached to an aromatic ring is 1. The molecule has 0 aliphatic rings. The number of nitrogens with zero attached hydrogens (tertiary/aromatic N) is 2. The summed E-state index contributed by atoms with van der Waals surface area (Å²) in [5, 5.41) is 3.73. The predicted molar refractivity (Wildman–Crippen MR) is 79.1 cm³/mol. The first-order chi connectivity index (χ1) is 9.85. The molecule has 0 unspecified atom stereocenters. The molecule has 2 aromatic rings. The summed E-state index contributed by atoms with van der Waals surface area (Å²) >= 11 is 5.61. The van der Waals surface area contributed by atoms with Gasteiger partial charge in [0, 0.05) is 12.7 Å². The van der Waals surface area contributed by atoms with Crippen molar-refractivity contribution in [3.8, 4) is 0 Å². The number of hydrogen-bond donors (Lipinski definition) is 2. The number of nitrogens with one attached hydrogen (secondary N) is 1. The van der Waals surface area contributed by atoms with Gasteiger partial charge in [0.1, 0.15) is 4.90 Å². The Balaban J connectivity index is 2.36. The molecule has 1 aromatic heterocycles. The maximum atomic E-state index is 13.8. The van der Waals surface area contributed by atoms with Crippen LogP contribution in [0.1, 0.15) is 13.3 Å². The quantitative estimate of drug-likeness (QED) is 0.880. The molecule has 0 amide bonds. The van der Waals surface area contributed by atoms with Crippen molar-refractivity contribution in [1.82, 2.24) is 9.78 Å². The van der Waals surface area contributed by atoms with Gasteiger partial charge in [-0.15, -0.1) is 0 Å². The Hall–Kier alpha value is -1.80. The van der Waals surface area contributed by atoms with Crippen molar-refractivity contribution in [3.05, 3.63) is 35.2 Å². The SMILES string of the molecule is CCCn1cc(S(=O)(=O)Nc2cccc(Cl)c2F)c(N)n1. The first-order valence-corrected chi connectivity index (χ1v) is 8.01. The molecule has 0 atom stereocenters. The Labute approximate surface area is 126 Å². The first-order valence-electron chi connectivity index (χ1n) is 6.15. The van der Waals surface area contributed by atoms with Crippen molar-refractivity contribution in [2.45, 2.75) is 24.8 Å². The van der Waals surface area contributed by atoms with Crippen molar-refractivity contribution in [1.29, 1.82) is 0 Å². The van der Waals surface area contributed by atoms with Crippen molar-refractivity contribution >= 4 is 33.1 Å². The standard InChI is InChI=1S/C12H14ClFN4O2S/c1-2-6-18-7-10(12(15)16-18)21(19,20)17-9-5-3-4-8(13)11(9)14/h3-5,7,17H,2,6H2,1H3,(H2,15,16). The van der Waals surface area contributed by atoms with Gasteiger partial charge in [0.05, 0.1) is 10.7 Å². The highest BCUT2D eigenvalue weighted by Gasteiger charge is 2.23. The first kappa shape index (κ1) is 15.6. The summed E-state index contributed by atoms with van der Waals surface area (Å²) in [5.74, 6) is -0.986. The molecule has 0 saturated heterocycles. The molecule has 0 radical (unpaired) electrons. The molecule has 0 aliphatic heterocycles. The summed E-state index contributed by atoms with van der Waals surface area (Å²) in [6.45, 7) is 2.46. The van der Waals surface area contributed by atoms with Crippen LogP contribution < -0.4 is 10.5 Å². The third-order valence-corrected chi connectivity index (χ3v) is 4.37. The molecule has 0 fully saturated rings. The number of rotatable bonds is 5. The summed E-state index contributed by atoms with van der Waals surface area (Å²) in [4.78, 5) is -0.199. The molecule has 0 bridgehead atoms. The van der Waals surface area contributed by atoms with E-state index < -0.39 is 15.8 Å². The molecule has 114 valence electrons. The monoisotopic (exact) mass is 332 g/mol. The fraction of sp³-hybridized carbons (Fsp3) is 0.250. The normalized spacial score (nSPS) is 11.6. The van der Waals surface area contributed by atoms with Gasteiger partial charge >= 0.3 is 0 Å². The summed E-state index contributed by atoms with van der Waals surface area (Å²) in [6, 6.07) is 4.03. The molecule has 1 aromatic carbocycles. The third-order valence-electron chi connectivity index (χ3n) is 2.69. The molecular formula is C12H14ClFN4O2S. The lowest BCUT2D eigenvalue weighted by atomic mass is 10.3. The van der Waals surface area contributed by atoms with Gasteiger partial charge in [-0.05, 0) is 18.6 Å². The lowest BCUT2D eigenvalue weighted by molar-refractivity contribution is 0.593. The van der Waals surface area contributed by atoms with E-state index >= 15 is 0 Å². The number of anilines is 2. The van der Waals surface area contributed by atoms with Crippen LogP contribution in [0.15, 0.2) is 29.3 Å². The summed E-state index contributed by atoms with van der Waals surface area (Å²) < 4.78 is 41.8. The maximum Gasteiger partial charge on any atom is 0.267 e. The van der Waals surface area contributed by atoms with Crippen molar-refractivity contribution in [3.63, 3.8) is 0 Å². The summed E-state index contributed by atoms with van der Waals surface area (Å²) in [5.41, 5.74) is 5.36. The van der Waals surface area contributed by atoms with E-state index in [1.165, 1.54) is 29.1 Å². The van der Waals surface area contributed by atoms with Gasteiger partial charge in [0.2, 0.25) is 0 Å². The van der Waals surface area contributed by atoms with Crippen LogP contribution in [0.5, 0.6) is 0 Å². The minimum absolute atomic E-state index is 0.140. The van der Waals surface area contributed by atoms with Crippen molar-refractivity contribution < 1.29 is 12.8 Å². The number of aromatic nitrogens is 2. The maximum absolute atomic E-state index is 13.8. The average molecular weight is 333 g/mol. The molecule has 0 spiro atoms. The molecule has 6 nitrogen and oxygen atoms in total. The summed E-state index contributed by atoms with van der Waals surface area (Å²) in [6.07, 6.45) is 2.08. The van der Waals surface area contributed by atoms with Crippen LogP contribution in [0.2, 0.25) is 5.02 Å². The molecule has 2 rings (SSSR count). The molecule has 0 aliphatic carbocycles. The molecule has 3 N–H and O–H groups in total. The largest absolute Gasteiger partial charge is 0.381 e. The van der Waals surface area contributed by atoms with E-state index in [4.69, 9.17) is 17.3 Å². The van der Waals surface area contributed by atoms with Gasteiger partial charge in [-0.2, -0.15) is 5.10 Å². The third kappa shape index (κ3) is 3.27. The molecular weight excluding hydrogens is 319 g/mol. The highest BCUT2D eigenvalue weighted by atomic mass is 35.5. The lowest BCUT2D eigenvalue weighted by Gasteiger charge is -2.08. The number of halogens is 2. The van der Waals surface area contributed by atoms with Crippen LogP contribution >= 0.6 is 11.6 Å². The van der Waals surface area contributed by atoms with E-state index in [1.807, 2.05) is 6.92 Å². The molecule has 9 heteroatoms. The minimum Gasteiger partial charge on any atom is -0.381 e. The van der Waals surface area contributed by atoms with E-state index in [0.717, 1.165) is 6.42 Å². The highest BCUT2D eigenvalue weighted by Crippen LogP contribution is 2.26. The zero-order chi connectivity index (χ0) is 15.6. The van der Waals surface area contributed by atoms with E-state index in [-0.39, 0.29) is 21.4 Å². The Morgan fingerprint density at radius 3 is 2.86 bits per heavy atom. The van der Waals surface area contributed by atoms with Crippen LogP contribution in [0.4, 0.5) is 15.9 Å². The Morgan fingerprint density at radius 1 is 1.48 bits per heavy atom. The number of aryl methyl sites for hydroxylation is 1. The Kier molecular flexibility index (Phi) is 4.38. The second kappa shape index (κ2) is 5.90. The second-order valence-corrected chi connectivity index (χ2v) is 6.41.